The van der Waals surface area contributed by atoms with Crippen molar-refractivity contribution in [1.82, 2.24) is 9.97 Å². The highest BCUT2D eigenvalue weighted by Crippen LogP contribution is 2.36. The van der Waals surface area contributed by atoms with Crippen LogP contribution in [-0.2, 0) is 6.54 Å². The predicted molar refractivity (Wildman–Crippen MR) is 55.3 cm³/mol. The predicted octanol–water partition coefficient (Wildman–Crippen LogP) is 1.60. The van der Waals surface area contributed by atoms with Gasteiger partial charge in [-0.3, -0.25) is 0 Å². The van der Waals surface area contributed by atoms with E-state index in [1.165, 1.54) is 6.07 Å². The van der Waals surface area contributed by atoms with Crippen LogP contribution in [0.1, 0.15) is 22.1 Å². The highest BCUT2D eigenvalue weighted by atomic mass is 16.4. The van der Waals surface area contributed by atoms with Gasteiger partial charge >= 0.3 is 5.97 Å². The van der Waals surface area contributed by atoms with E-state index in [2.05, 4.69) is 15.3 Å². The quantitative estimate of drug-likeness (QED) is 0.677. The van der Waals surface area contributed by atoms with Crippen molar-refractivity contribution < 1.29 is 14.3 Å². The minimum atomic E-state index is -1.08. The first kappa shape index (κ1) is 9.02. The van der Waals surface area contributed by atoms with Gasteiger partial charge in [0.2, 0.25) is 5.76 Å². The molecule has 0 spiro atoms. The number of anilines is 1. The highest BCUT2D eigenvalue weighted by Gasteiger charge is 2.25. The van der Waals surface area contributed by atoms with E-state index in [0.717, 1.165) is 11.5 Å². The third-order valence-corrected chi connectivity index (χ3v) is 2.51. The van der Waals surface area contributed by atoms with Crippen molar-refractivity contribution in [1.29, 1.82) is 0 Å². The average molecular weight is 219 g/mol. The Labute approximate surface area is 90.3 Å². The maximum Gasteiger partial charge on any atom is 0.371 e. The van der Waals surface area contributed by atoms with Crippen LogP contribution in [0.15, 0.2) is 10.5 Å². The fourth-order valence-corrected chi connectivity index (χ4v) is 1.84. The fourth-order valence-electron chi connectivity index (χ4n) is 1.84. The molecule has 2 aromatic heterocycles. The van der Waals surface area contributed by atoms with Crippen LogP contribution in [0.3, 0.4) is 0 Å². The number of aromatic amines is 1. The molecule has 2 aromatic rings. The first-order valence-electron chi connectivity index (χ1n) is 4.82. The summed E-state index contributed by atoms with van der Waals surface area (Å²) >= 11 is 0. The summed E-state index contributed by atoms with van der Waals surface area (Å²) in [5.41, 5.74) is 2.28. The van der Waals surface area contributed by atoms with Gasteiger partial charge in [-0.15, -0.1) is 0 Å². The third-order valence-electron chi connectivity index (χ3n) is 2.51. The number of hydrogen-bond donors (Lipinski definition) is 3. The molecule has 0 saturated heterocycles. The Morgan fingerprint density at radius 3 is 3.19 bits per heavy atom. The number of aromatic carboxylic acids is 1. The number of carboxylic acid groups (broad SMARTS) is 1. The van der Waals surface area contributed by atoms with Crippen LogP contribution in [0.25, 0.3) is 11.5 Å². The molecule has 0 aromatic carbocycles. The van der Waals surface area contributed by atoms with Gasteiger partial charge in [0.05, 0.1) is 17.9 Å². The Balaban J connectivity index is 2.19. The maximum atomic E-state index is 10.8. The Bertz CT molecular complexity index is 582. The summed E-state index contributed by atoms with van der Waals surface area (Å²) in [5.74, 6) is 0.118. The molecule has 6 nitrogen and oxygen atoms in total. The van der Waals surface area contributed by atoms with E-state index in [-0.39, 0.29) is 5.76 Å². The van der Waals surface area contributed by atoms with Crippen molar-refractivity contribution in [3.05, 3.63) is 23.3 Å². The molecule has 0 aliphatic carbocycles. The Kier molecular flexibility index (Phi) is 1.62. The van der Waals surface area contributed by atoms with Crippen LogP contribution in [0.2, 0.25) is 0 Å². The number of fused-ring (bicyclic) bond motifs is 3. The summed E-state index contributed by atoms with van der Waals surface area (Å²) in [6.07, 6.45) is 0. The smallest absolute Gasteiger partial charge is 0.371 e. The van der Waals surface area contributed by atoms with Crippen molar-refractivity contribution in [2.75, 3.05) is 5.32 Å². The number of nitrogens with zero attached hydrogens (tertiary/aromatic N) is 1. The molecule has 0 atom stereocenters. The van der Waals surface area contributed by atoms with E-state index >= 15 is 0 Å². The zero-order valence-corrected chi connectivity index (χ0v) is 8.50. The van der Waals surface area contributed by atoms with E-state index < -0.39 is 5.97 Å². The first-order chi connectivity index (χ1) is 7.65. The number of aryl methyl sites for hydroxylation is 1. The van der Waals surface area contributed by atoms with E-state index in [9.17, 15) is 4.79 Å². The van der Waals surface area contributed by atoms with Crippen molar-refractivity contribution in [2.24, 2.45) is 0 Å². The molecule has 0 radical (unpaired) electrons. The van der Waals surface area contributed by atoms with Crippen molar-refractivity contribution in [2.45, 2.75) is 13.5 Å². The van der Waals surface area contributed by atoms with Crippen LogP contribution in [-0.4, -0.2) is 21.0 Å². The second-order valence-electron chi connectivity index (χ2n) is 3.66. The number of H-pyrrole nitrogens is 1. The molecule has 0 bridgehead atoms. The molecule has 16 heavy (non-hydrogen) atoms. The second-order valence-corrected chi connectivity index (χ2v) is 3.66. The van der Waals surface area contributed by atoms with Crippen LogP contribution >= 0.6 is 0 Å². The lowest BCUT2D eigenvalue weighted by atomic mass is 10.2. The minimum absolute atomic E-state index is 0.0778. The molecule has 1 aliphatic rings. The molecule has 6 heteroatoms. The third kappa shape index (κ3) is 1.13. The lowest BCUT2D eigenvalue weighted by Crippen LogP contribution is -2.06. The molecule has 82 valence electrons. The summed E-state index contributed by atoms with van der Waals surface area (Å²) in [7, 11) is 0. The number of nitrogens with one attached hydrogen (secondary N) is 2. The molecule has 3 heterocycles. The van der Waals surface area contributed by atoms with E-state index in [4.69, 9.17) is 9.52 Å². The van der Waals surface area contributed by atoms with Crippen LogP contribution in [0.4, 0.5) is 5.69 Å². The largest absolute Gasteiger partial charge is 0.475 e. The zero-order valence-electron chi connectivity index (χ0n) is 8.50. The Morgan fingerprint density at radius 1 is 1.62 bits per heavy atom. The summed E-state index contributed by atoms with van der Waals surface area (Å²) in [6, 6.07) is 1.48. The number of hydrogen-bond acceptors (Lipinski definition) is 4. The van der Waals surface area contributed by atoms with Crippen molar-refractivity contribution >= 4 is 11.7 Å². The van der Waals surface area contributed by atoms with Crippen LogP contribution in [0, 0.1) is 6.92 Å². The molecule has 0 fully saturated rings. The van der Waals surface area contributed by atoms with Gasteiger partial charge in [-0.05, 0) is 6.92 Å². The van der Waals surface area contributed by atoms with Gasteiger partial charge in [0.15, 0.2) is 5.76 Å². The molecule has 0 amide bonds. The normalized spacial score (nSPS) is 12.8. The first-order valence-corrected chi connectivity index (χ1v) is 4.82. The number of carbonyl (C=O) groups is 1. The average Bonchev–Trinajstić information content (AvgIpc) is 2.77. The van der Waals surface area contributed by atoms with Gasteiger partial charge in [0.25, 0.3) is 0 Å². The van der Waals surface area contributed by atoms with Crippen LogP contribution < -0.4 is 5.32 Å². The minimum Gasteiger partial charge on any atom is -0.475 e. The van der Waals surface area contributed by atoms with Crippen molar-refractivity contribution in [3.63, 3.8) is 0 Å². The fraction of sp³-hybridized carbons (Fsp3) is 0.200. The molecule has 3 N–H and O–H groups in total. The summed E-state index contributed by atoms with van der Waals surface area (Å²) < 4.78 is 5.26. The van der Waals surface area contributed by atoms with Gasteiger partial charge in [0, 0.05) is 6.07 Å². The molecule has 3 rings (SSSR count). The molecular formula is C10H9N3O3. The Morgan fingerprint density at radius 2 is 2.44 bits per heavy atom. The molecule has 1 aliphatic heterocycles. The van der Waals surface area contributed by atoms with Gasteiger partial charge in [-0.25, -0.2) is 9.78 Å². The topological polar surface area (TPSA) is 91.2 Å². The van der Waals surface area contributed by atoms with Gasteiger partial charge in [-0.2, -0.15) is 0 Å². The summed E-state index contributed by atoms with van der Waals surface area (Å²) in [4.78, 5) is 18.2. The SMILES string of the molecule is Cc1nc2c([nH]1)CNc1cc(C(=O)O)oc1-2. The van der Waals surface area contributed by atoms with E-state index in [1.54, 1.807) is 0 Å². The van der Waals surface area contributed by atoms with Gasteiger partial charge in [-0.1, -0.05) is 0 Å². The summed E-state index contributed by atoms with van der Waals surface area (Å²) in [5, 5.41) is 11.9. The van der Waals surface area contributed by atoms with Gasteiger partial charge < -0.3 is 19.8 Å². The lowest BCUT2D eigenvalue weighted by Gasteiger charge is -2.10. The standard InChI is InChI=1S/C10H9N3O3/c1-4-12-6-3-11-5-2-7(10(14)15)16-9(5)8(6)13-4/h2,11H,3H2,1H3,(H,12,13)(H,14,15). The van der Waals surface area contributed by atoms with Crippen LogP contribution in [0.5, 0.6) is 0 Å². The Hall–Kier alpha value is -2.24. The number of imidazole rings is 1. The molecule has 0 saturated carbocycles. The molecular weight excluding hydrogens is 210 g/mol. The zero-order chi connectivity index (χ0) is 11.3. The number of rotatable bonds is 1. The number of aromatic nitrogens is 2. The maximum absolute atomic E-state index is 10.8. The number of carboxylic acids is 1. The number of furan rings is 1. The highest BCUT2D eigenvalue weighted by molar-refractivity contribution is 5.89. The van der Waals surface area contributed by atoms with Crippen molar-refractivity contribution in [3.8, 4) is 11.5 Å². The molecule has 0 unspecified atom stereocenters. The van der Waals surface area contributed by atoms with E-state index in [0.29, 0.717) is 23.7 Å². The van der Waals surface area contributed by atoms with Gasteiger partial charge in [0.1, 0.15) is 11.5 Å². The lowest BCUT2D eigenvalue weighted by molar-refractivity contribution is 0.0663. The van der Waals surface area contributed by atoms with E-state index in [1.807, 2.05) is 6.92 Å². The summed E-state index contributed by atoms with van der Waals surface area (Å²) in [6.45, 7) is 2.45. The second kappa shape index (κ2) is 2.88. The monoisotopic (exact) mass is 219 g/mol.